The third-order valence-electron chi connectivity index (χ3n) is 3.46. The molecule has 0 bridgehead atoms. The lowest BCUT2D eigenvalue weighted by Gasteiger charge is -2.07. The number of hydrogen-bond donors (Lipinski definition) is 1. The summed E-state index contributed by atoms with van der Waals surface area (Å²) in [5, 5.41) is 4.58. The van der Waals surface area contributed by atoms with Crippen molar-refractivity contribution in [3.05, 3.63) is 52.6 Å². The molecule has 106 valence electrons. The zero-order valence-corrected chi connectivity index (χ0v) is 13.4. The van der Waals surface area contributed by atoms with Gasteiger partial charge in [0.05, 0.1) is 11.3 Å². The largest absolute Gasteiger partial charge is 0.383 e. The Labute approximate surface area is 131 Å². The highest BCUT2D eigenvalue weighted by atomic mass is 79.9. The fourth-order valence-electron chi connectivity index (χ4n) is 2.32. The molecule has 0 unspecified atom stereocenters. The second-order valence-electron chi connectivity index (χ2n) is 4.88. The number of anilines is 1. The van der Waals surface area contributed by atoms with E-state index in [4.69, 9.17) is 5.73 Å². The van der Waals surface area contributed by atoms with Gasteiger partial charge in [0.1, 0.15) is 11.5 Å². The summed E-state index contributed by atoms with van der Waals surface area (Å²) in [4.78, 5) is 4.41. The number of aromatic nitrogens is 3. The van der Waals surface area contributed by atoms with Crippen LogP contribution in [0, 0.1) is 6.92 Å². The van der Waals surface area contributed by atoms with Gasteiger partial charge in [0.15, 0.2) is 0 Å². The number of benzene rings is 1. The van der Waals surface area contributed by atoms with Gasteiger partial charge in [-0.2, -0.15) is 5.10 Å². The lowest BCUT2D eigenvalue weighted by atomic mass is 10.0. The first-order valence-corrected chi connectivity index (χ1v) is 7.38. The second kappa shape index (κ2) is 5.33. The van der Waals surface area contributed by atoms with Crippen molar-refractivity contribution < 1.29 is 0 Å². The van der Waals surface area contributed by atoms with Crippen molar-refractivity contribution in [1.29, 1.82) is 0 Å². The van der Waals surface area contributed by atoms with Gasteiger partial charge in [0, 0.05) is 23.3 Å². The Kier molecular flexibility index (Phi) is 3.51. The average Bonchev–Trinajstić information content (AvgIpc) is 2.78. The zero-order valence-electron chi connectivity index (χ0n) is 11.8. The van der Waals surface area contributed by atoms with Gasteiger partial charge in [-0.25, -0.2) is 0 Å². The molecule has 0 amide bonds. The maximum absolute atomic E-state index is 6.21. The molecule has 0 saturated carbocycles. The maximum atomic E-state index is 6.21. The Morgan fingerprint density at radius 2 is 1.95 bits per heavy atom. The topological polar surface area (TPSA) is 56.7 Å². The molecule has 0 fully saturated rings. The molecule has 0 aliphatic rings. The molecule has 0 spiro atoms. The van der Waals surface area contributed by atoms with Crippen molar-refractivity contribution in [2.24, 2.45) is 7.05 Å². The standard InChI is InChI=1S/C16H15BrN4/c1-10-6-5-7-11(14(10)17)15-13(16(18)21(2)20-15)12-8-3-4-9-19-12/h3-9H,18H2,1-2H3. The summed E-state index contributed by atoms with van der Waals surface area (Å²) in [6.07, 6.45) is 1.76. The van der Waals surface area contributed by atoms with E-state index in [0.717, 1.165) is 32.6 Å². The number of nitrogens with two attached hydrogens (primary N) is 1. The summed E-state index contributed by atoms with van der Waals surface area (Å²) in [6.45, 7) is 2.06. The summed E-state index contributed by atoms with van der Waals surface area (Å²) in [7, 11) is 1.84. The van der Waals surface area contributed by atoms with Crippen LogP contribution in [-0.4, -0.2) is 14.8 Å². The molecular formula is C16H15BrN4. The number of aryl methyl sites for hydroxylation is 2. The molecule has 0 saturated heterocycles. The van der Waals surface area contributed by atoms with Crippen LogP contribution in [0.1, 0.15) is 5.56 Å². The molecule has 2 N–H and O–H groups in total. The molecule has 0 radical (unpaired) electrons. The number of halogens is 1. The Bertz CT molecular complexity index is 794. The third kappa shape index (κ3) is 2.34. The van der Waals surface area contributed by atoms with Crippen LogP contribution in [0.2, 0.25) is 0 Å². The van der Waals surface area contributed by atoms with Crippen LogP contribution in [0.4, 0.5) is 5.82 Å². The van der Waals surface area contributed by atoms with Crippen molar-refractivity contribution in [2.45, 2.75) is 6.92 Å². The molecule has 2 heterocycles. The molecule has 0 atom stereocenters. The highest BCUT2D eigenvalue weighted by Crippen LogP contribution is 2.38. The van der Waals surface area contributed by atoms with Crippen molar-refractivity contribution in [3.63, 3.8) is 0 Å². The van der Waals surface area contributed by atoms with Gasteiger partial charge in [-0.15, -0.1) is 0 Å². The van der Waals surface area contributed by atoms with E-state index >= 15 is 0 Å². The van der Waals surface area contributed by atoms with Gasteiger partial charge in [-0.3, -0.25) is 9.67 Å². The first kappa shape index (κ1) is 13.8. The van der Waals surface area contributed by atoms with E-state index in [0.29, 0.717) is 5.82 Å². The average molecular weight is 343 g/mol. The van der Waals surface area contributed by atoms with Crippen LogP contribution in [-0.2, 0) is 7.05 Å². The van der Waals surface area contributed by atoms with Crippen LogP contribution in [0.25, 0.3) is 22.5 Å². The molecule has 0 aliphatic heterocycles. The fraction of sp³-hybridized carbons (Fsp3) is 0.125. The predicted octanol–water partition coefficient (Wildman–Crippen LogP) is 3.80. The minimum Gasteiger partial charge on any atom is -0.383 e. The fourth-order valence-corrected chi connectivity index (χ4v) is 2.77. The monoisotopic (exact) mass is 342 g/mol. The van der Waals surface area contributed by atoms with Gasteiger partial charge in [-0.05, 0) is 40.5 Å². The highest BCUT2D eigenvalue weighted by Gasteiger charge is 2.20. The molecule has 4 nitrogen and oxygen atoms in total. The SMILES string of the molecule is Cc1cccc(-c2nn(C)c(N)c2-c2ccccn2)c1Br. The maximum Gasteiger partial charge on any atom is 0.131 e. The summed E-state index contributed by atoms with van der Waals surface area (Å²) >= 11 is 3.65. The lowest BCUT2D eigenvalue weighted by Crippen LogP contribution is -1.98. The van der Waals surface area contributed by atoms with Crippen molar-refractivity contribution in [3.8, 4) is 22.5 Å². The number of pyridine rings is 1. The van der Waals surface area contributed by atoms with E-state index in [2.05, 4.69) is 39.0 Å². The zero-order chi connectivity index (χ0) is 15.0. The van der Waals surface area contributed by atoms with Crippen LogP contribution in [0.3, 0.4) is 0 Å². The smallest absolute Gasteiger partial charge is 0.131 e. The van der Waals surface area contributed by atoms with E-state index in [1.807, 2.05) is 37.4 Å². The van der Waals surface area contributed by atoms with Gasteiger partial charge in [0.2, 0.25) is 0 Å². The minimum absolute atomic E-state index is 0.608. The lowest BCUT2D eigenvalue weighted by molar-refractivity contribution is 0.782. The highest BCUT2D eigenvalue weighted by molar-refractivity contribution is 9.10. The molecule has 1 aromatic carbocycles. The van der Waals surface area contributed by atoms with Gasteiger partial charge >= 0.3 is 0 Å². The second-order valence-corrected chi connectivity index (χ2v) is 5.68. The Balaban J connectivity index is 2.30. The summed E-state index contributed by atoms with van der Waals surface area (Å²) in [5.74, 6) is 0.608. The van der Waals surface area contributed by atoms with E-state index < -0.39 is 0 Å². The van der Waals surface area contributed by atoms with E-state index in [-0.39, 0.29) is 0 Å². The minimum atomic E-state index is 0.608. The van der Waals surface area contributed by atoms with Crippen molar-refractivity contribution in [1.82, 2.24) is 14.8 Å². The first-order valence-electron chi connectivity index (χ1n) is 6.59. The first-order chi connectivity index (χ1) is 10.1. The predicted molar refractivity (Wildman–Crippen MR) is 88.7 cm³/mol. The number of hydrogen-bond acceptors (Lipinski definition) is 3. The normalized spacial score (nSPS) is 10.8. The summed E-state index contributed by atoms with van der Waals surface area (Å²) < 4.78 is 2.72. The number of rotatable bonds is 2. The molecule has 2 aromatic heterocycles. The van der Waals surface area contributed by atoms with Gasteiger partial charge < -0.3 is 5.73 Å². The van der Waals surface area contributed by atoms with Crippen molar-refractivity contribution >= 4 is 21.7 Å². The van der Waals surface area contributed by atoms with E-state index in [9.17, 15) is 0 Å². The number of nitrogen functional groups attached to an aromatic ring is 1. The molecule has 0 aliphatic carbocycles. The molecule has 3 rings (SSSR count). The van der Waals surface area contributed by atoms with Gasteiger partial charge in [0.25, 0.3) is 0 Å². The Morgan fingerprint density at radius 3 is 2.67 bits per heavy atom. The van der Waals surface area contributed by atoms with Crippen LogP contribution < -0.4 is 5.73 Å². The van der Waals surface area contributed by atoms with Gasteiger partial charge in [-0.1, -0.05) is 24.3 Å². The molecule has 3 aromatic rings. The van der Waals surface area contributed by atoms with Crippen LogP contribution >= 0.6 is 15.9 Å². The Morgan fingerprint density at radius 1 is 1.14 bits per heavy atom. The van der Waals surface area contributed by atoms with Crippen LogP contribution in [0.5, 0.6) is 0 Å². The number of nitrogens with zero attached hydrogens (tertiary/aromatic N) is 3. The Hall–Kier alpha value is -2.14. The molecule has 21 heavy (non-hydrogen) atoms. The van der Waals surface area contributed by atoms with E-state index in [1.165, 1.54) is 0 Å². The molecule has 5 heteroatoms. The quantitative estimate of drug-likeness (QED) is 0.770. The summed E-state index contributed by atoms with van der Waals surface area (Å²) in [6, 6.07) is 11.9. The summed E-state index contributed by atoms with van der Waals surface area (Å²) in [5.41, 5.74) is 10.9. The third-order valence-corrected chi connectivity index (χ3v) is 4.51. The van der Waals surface area contributed by atoms with E-state index in [1.54, 1.807) is 10.9 Å². The van der Waals surface area contributed by atoms with Crippen molar-refractivity contribution in [2.75, 3.05) is 5.73 Å². The molecular weight excluding hydrogens is 328 g/mol. The van der Waals surface area contributed by atoms with Crippen LogP contribution in [0.15, 0.2) is 47.1 Å².